The van der Waals surface area contributed by atoms with Crippen LogP contribution in [0.15, 0.2) is 23.4 Å². The quantitative estimate of drug-likeness (QED) is 0.385. The molecule has 0 aliphatic rings. The lowest BCUT2D eigenvalue weighted by atomic mass is 10.0. The first-order valence-corrected chi connectivity index (χ1v) is 6.45. The molecule has 0 atom stereocenters. The third-order valence-corrected chi connectivity index (χ3v) is 3.25. The highest BCUT2D eigenvalue weighted by atomic mass is 35.5. The third kappa shape index (κ3) is 3.96. The van der Waals surface area contributed by atoms with Gasteiger partial charge >= 0.3 is 12.4 Å². The first-order chi connectivity index (χ1) is 11.0. The number of nitrogens with zero attached hydrogens (tertiary/aromatic N) is 4. The van der Waals surface area contributed by atoms with Crippen LogP contribution in [0.4, 0.5) is 26.3 Å². The molecular weight excluding hydrogens is 366 g/mol. The van der Waals surface area contributed by atoms with Gasteiger partial charge in [-0.1, -0.05) is 22.0 Å². The smallest absolute Gasteiger partial charge is 0.411 e. The molecule has 24 heavy (non-hydrogen) atoms. The summed E-state index contributed by atoms with van der Waals surface area (Å²) in [4.78, 5) is 0. The van der Waals surface area contributed by atoms with Crippen molar-refractivity contribution < 1.29 is 31.5 Å². The van der Waals surface area contributed by atoms with Gasteiger partial charge in [0.2, 0.25) is 0 Å². The predicted molar refractivity (Wildman–Crippen MR) is 70.0 cm³/mol. The standard InChI is InChI=1S/C12H7ClF6N4O/c13-10-9(4-20-24)21-22-23(10)5-6-1-7(11(14,15)16)3-8(2-6)12(17,18)19/h1-4,24H,5H2. The summed E-state index contributed by atoms with van der Waals surface area (Å²) < 4.78 is 77.6. The van der Waals surface area contributed by atoms with E-state index < -0.39 is 30.0 Å². The van der Waals surface area contributed by atoms with Crippen LogP contribution in [0.25, 0.3) is 0 Å². The fraction of sp³-hybridized carbons (Fsp3) is 0.250. The van der Waals surface area contributed by atoms with Crippen LogP contribution in [0, 0.1) is 0 Å². The molecule has 0 radical (unpaired) electrons. The van der Waals surface area contributed by atoms with Gasteiger partial charge in [-0.3, -0.25) is 0 Å². The van der Waals surface area contributed by atoms with Crippen LogP contribution < -0.4 is 0 Å². The summed E-state index contributed by atoms with van der Waals surface area (Å²) in [5.41, 5.74) is -3.31. The number of hydrogen-bond donors (Lipinski definition) is 1. The summed E-state index contributed by atoms with van der Waals surface area (Å²) in [6, 6.07) is 1.15. The van der Waals surface area contributed by atoms with Gasteiger partial charge in [0, 0.05) is 0 Å². The van der Waals surface area contributed by atoms with E-state index in [9.17, 15) is 26.3 Å². The van der Waals surface area contributed by atoms with Crippen molar-refractivity contribution in [1.29, 1.82) is 0 Å². The van der Waals surface area contributed by atoms with Gasteiger partial charge in [0.1, 0.15) is 5.69 Å². The lowest BCUT2D eigenvalue weighted by Crippen LogP contribution is -2.13. The van der Waals surface area contributed by atoms with Crippen molar-refractivity contribution in [2.45, 2.75) is 18.9 Å². The van der Waals surface area contributed by atoms with Gasteiger partial charge in [-0.05, 0) is 23.8 Å². The Bertz CT molecular complexity index is 736. The van der Waals surface area contributed by atoms with Gasteiger partial charge < -0.3 is 5.21 Å². The molecule has 0 unspecified atom stereocenters. The van der Waals surface area contributed by atoms with Crippen LogP contribution in [-0.4, -0.2) is 26.4 Å². The van der Waals surface area contributed by atoms with Gasteiger partial charge in [-0.15, -0.1) is 5.10 Å². The topological polar surface area (TPSA) is 63.3 Å². The minimum Gasteiger partial charge on any atom is -0.411 e. The lowest BCUT2D eigenvalue weighted by molar-refractivity contribution is -0.143. The number of halogens is 7. The molecule has 0 fully saturated rings. The molecule has 0 bridgehead atoms. The molecule has 1 N–H and O–H groups in total. The Hall–Kier alpha value is -2.30. The molecule has 0 aliphatic carbocycles. The van der Waals surface area contributed by atoms with E-state index in [1.807, 2.05) is 0 Å². The summed E-state index contributed by atoms with van der Waals surface area (Å²) in [5, 5.41) is 17.8. The number of oxime groups is 1. The van der Waals surface area contributed by atoms with E-state index in [0.717, 1.165) is 10.9 Å². The van der Waals surface area contributed by atoms with E-state index in [1.165, 1.54) is 0 Å². The molecule has 2 aromatic rings. The van der Waals surface area contributed by atoms with E-state index in [4.69, 9.17) is 16.8 Å². The van der Waals surface area contributed by atoms with Crippen molar-refractivity contribution in [3.63, 3.8) is 0 Å². The zero-order chi connectivity index (χ0) is 18.1. The molecular formula is C12H7ClF6N4O. The third-order valence-electron chi connectivity index (χ3n) is 2.86. The van der Waals surface area contributed by atoms with Crippen LogP contribution in [0.5, 0.6) is 0 Å². The van der Waals surface area contributed by atoms with Crippen LogP contribution >= 0.6 is 11.6 Å². The van der Waals surface area contributed by atoms with Gasteiger partial charge in [-0.25, -0.2) is 4.68 Å². The van der Waals surface area contributed by atoms with Crippen molar-refractivity contribution in [2.24, 2.45) is 5.16 Å². The van der Waals surface area contributed by atoms with Crippen molar-refractivity contribution in [2.75, 3.05) is 0 Å². The minimum absolute atomic E-state index is 0.0241. The molecule has 5 nitrogen and oxygen atoms in total. The highest BCUT2D eigenvalue weighted by molar-refractivity contribution is 6.31. The molecule has 1 aromatic carbocycles. The maximum atomic E-state index is 12.8. The first-order valence-electron chi connectivity index (χ1n) is 6.07. The second kappa shape index (κ2) is 6.30. The Morgan fingerprint density at radius 3 is 2.08 bits per heavy atom. The average Bonchev–Trinajstić information content (AvgIpc) is 2.79. The van der Waals surface area contributed by atoms with E-state index in [-0.39, 0.29) is 22.5 Å². The Balaban J connectivity index is 2.46. The first kappa shape index (κ1) is 18.0. The maximum absolute atomic E-state index is 12.8. The highest BCUT2D eigenvalue weighted by Crippen LogP contribution is 2.36. The molecule has 0 aliphatic heterocycles. The zero-order valence-corrected chi connectivity index (χ0v) is 12.2. The summed E-state index contributed by atoms with van der Waals surface area (Å²) in [5.74, 6) is 0. The van der Waals surface area contributed by atoms with Gasteiger partial charge in [0.05, 0.1) is 23.9 Å². The average molecular weight is 373 g/mol. The molecule has 2 rings (SSSR count). The summed E-state index contributed by atoms with van der Waals surface area (Å²) in [6.07, 6.45) is -9.08. The van der Waals surface area contributed by atoms with Crippen LogP contribution in [-0.2, 0) is 18.9 Å². The number of aromatic nitrogens is 3. The fourth-order valence-corrected chi connectivity index (χ4v) is 2.01. The summed E-state index contributed by atoms with van der Waals surface area (Å²) >= 11 is 5.80. The number of hydrogen-bond acceptors (Lipinski definition) is 4. The Morgan fingerprint density at radius 2 is 1.62 bits per heavy atom. The van der Waals surface area contributed by atoms with Gasteiger partial charge in [0.15, 0.2) is 5.15 Å². The SMILES string of the molecule is ON=Cc1nnn(Cc2cc(C(F)(F)F)cc(C(F)(F)F)c2)c1Cl. The molecule has 0 saturated carbocycles. The van der Waals surface area contributed by atoms with Crippen molar-refractivity contribution >= 4 is 17.8 Å². The minimum atomic E-state index is -4.95. The predicted octanol–water partition coefficient (Wildman–Crippen LogP) is 3.83. The second-order valence-corrected chi connectivity index (χ2v) is 4.94. The Morgan fingerprint density at radius 1 is 1.08 bits per heavy atom. The Kier molecular flexibility index (Phi) is 4.74. The lowest BCUT2D eigenvalue weighted by Gasteiger charge is -2.14. The number of benzene rings is 1. The van der Waals surface area contributed by atoms with Crippen molar-refractivity contribution in [1.82, 2.24) is 15.0 Å². The monoisotopic (exact) mass is 372 g/mol. The molecule has 1 heterocycles. The zero-order valence-electron chi connectivity index (χ0n) is 11.4. The molecule has 130 valence electrons. The van der Waals surface area contributed by atoms with E-state index in [2.05, 4.69) is 15.5 Å². The molecule has 12 heteroatoms. The van der Waals surface area contributed by atoms with E-state index >= 15 is 0 Å². The summed E-state index contributed by atoms with van der Waals surface area (Å²) in [7, 11) is 0. The number of alkyl halides is 6. The maximum Gasteiger partial charge on any atom is 0.416 e. The summed E-state index contributed by atoms with van der Waals surface area (Å²) in [6.45, 7) is -0.488. The molecule has 0 saturated heterocycles. The number of rotatable bonds is 3. The normalized spacial score (nSPS) is 13.0. The van der Waals surface area contributed by atoms with Crippen molar-refractivity contribution in [3.8, 4) is 0 Å². The Labute approximate surface area is 135 Å². The molecule has 1 aromatic heterocycles. The van der Waals surface area contributed by atoms with E-state index in [0.29, 0.717) is 12.1 Å². The van der Waals surface area contributed by atoms with Crippen LogP contribution in [0.3, 0.4) is 0 Å². The fourth-order valence-electron chi connectivity index (χ4n) is 1.83. The molecule has 0 spiro atoms. The van der Waals surface area contributed by atoms with Crippen molar-refractivity contribution in [3.05, 3.63) is 45.7 Å². The van der Waals surface area contributed by atoms with Crippen LogP contribution in [0.1, 0.15) is 22.4 Å². The second-order valence-electron chi connectivity index (χ2n) is 4.58. The van der Waals surface area contributed by atoms with Gasteiger partial charge in [-0.2, -0.15) is 26.3 Å². The largest absolute Gasteiger partial charge is 0.416 e. The van der Waals surface area contributed by atoms with E-state index in [1.54, 1.807) is 0 Å². The van der Waals surface area contributed by atoms with Crippen LogP contribution in [0.2, 0.25) is 5.15 Å². The highest BCUT2D eigenvalue weighted by Gasteiger charge is 2.36. The van der Waals surface area contributed by atoms with Gasteiger partial charge in [0.25, 0.3) is 0 Å². The molecule has 0 amide bonds.